The summed E-state index contributed by atoms with van der Waals surface area (Å²) in [5, 5.41) is 0. The normalized spacial score (nSPS) is 19.0. The van der Waals surface area contributed by atoms with Crippen molar-refractivity contribution in [1.82, 2.24) is 4.98 Å². The van der Waals surface area contributed by atoms with Gasteiger partial charge in [-0.15, -0.1) is 0 Å². The predicted molar refractivity (Wildman–Crippen MR) is 104 cm³/mol. The van der Waals surface area contributed by atoms with Crippen LogP contribution in [-0.4, -0.2) is 23.7 Å². The van der Waals surface area contributed by atoms with E-state index in [4.69, 9.17) is 0 Å². The summed E-state index contributed by atoms with van der Waals surface area (Å²) in [6, 6.07) is 24.0. The third kappa shape index (κ3) is 3.60. The van der Waals surface area contributed by atoms with Crippen molar-refractivity contribution in [2.24, 2.45) is 0 Å². The first kappa shape index (κ1) is 16.4. The van der Waals surface area contributed by atoms with E-state index in [1.165, 1.54) is 5.56 Å². The fourth-order valence-corrected chi connectivity index (χ4v) is 3.20. The lowest BCUT2D eigenvalue weighted by atomic mass is 10.1. The first-order valence-electron chi connectivity index (χ1n) is 8.75. The van der Waals surface area contributed by atoms with Crippen molar-refractivity contribution in [3.63, 3.8) is 0 Å². The second-order valence-corrected chi connectivity index (χ2v) is 6.51. The molecule has 26 heavy (non-hydrogen) atoms. The first-order valence-corrected chi connectivity index (χ1v) is 8.75. The molecule has 1 atom stereocenters. The third-order valence-corrected chi connectivity index (χ3v) is 4.64. The molecule has 0 bridgehead atoms. The molecule has 128 valence electrons. The summed E-state index contributed by atoms with van der Waals surface area (Å²) in [7, 11) is 0. The largest absolute Gasteiger partial charge is 0.367 e. The highest BCUT2D eigenvalue weighted by molar-refractivity contribution is 5.66. The number of halogens is 1. The number of anilines is 1. The SMILES string of the molecule is FC1(C#Cc2ccccn2)CCN(c2ccc(-c3ccccc3)cc2)C1. The van der Waals surface area contributed by atoms with Gasteiger partial charge in [0.1, 0.15) is 5.69 Å². The van der Waals surface area contributed by atoms with Gasteiger partial charge in [0.15, 0.2) is 5.67 Å². The van der Waals surface area contributed by atoms with E-state index >= 15 is 4.39 Å². The Bertz CT molecular complexity index is 927. The molecule has 0 aliphatic carbocycles. The van der Waals surface area contributed by atoms with Crippen LogP contribution >= 0.6 is 0 Å². The highest BCUT2D eigenvalue weighted by atomic mass is 19.1. The van der Waals surface area contributed by atoms with Crippen LogP contribution in [0, 0.1) is 11.8 Å². The molecule has 0 spiro atoms. The Hall–Kier alpha value is -3.12. The van der Waals surface area contributed by atoms with Gasteiger partial charge in [0, 0.05) is 24.8 Å². The van der Waals surface area contributed by atoms with Crippen LogP contribution in [0.1, 0.15) is 12.1 Å². The average Bonchev–Trinajstić information content (AvgIpc) is 3.11. The molecule has 0 saturated carbocycles. The minimum atomic E-state index is -1.49. The van der Waals surface area contributed by atoms with Gasteiger partial charge in [-0.2, -0.15) is 0 Å². The Morgan fingerprint density at radius 1 is 0.885 bits per heavy atom. The summed E-state index contributed by atoms with van der Waals surface area (Å²) in [5.74, 6) is 5.66. The van der Waals surface area contributed by atoms with Crippen molar-refractivity contribution in [2.45, 2.75) is 12.1 Å². The molecule has 2 nitrogen and oxygen atoms in total. The molecule has 1 unspecified atom stereocenters. The van der Waals surface area contributed by atoms with E-state index in [1.54, 1.807) is 12.3 Å². The van der Waals surface area contributed by atoms with E-state index in [0.29, 0.717) is 18.7 Å². The molecule has 0 amide bonds. The molecular formula is C23H19FN2. The van der Waals surface area contributed by atoms with Gasteiger partial charge in [-0.25, -0.2) is 9.37 Å². The second-order valence-electron chi connectivity index (χ2n) is 6.51. The van der Waals surface area contributed by atoms with Crippen molar-refractivity contribution in [3.05, 3.63) is 84.7 Å². The molecule has 1 saturated heterocycles. The lowest BCUT2D eigenvalue weighted by Gasteiger charge is -2.19. The fraction of sp³-hybridized carbons (Fsp3) is 0.174. The number of hydrogen-bond donors (Lipinski definition) is 0. The monoisotopic (exact) mass is 342 g/mol. The van der Waals surface area contributed by atoms with E-state index in [9.17, 15) is 0 Å². The lowest BCUT2D eigenvalue weighted by molar-refractivity contribution is 0.274. The van der Waals surface area contributed by atoms with Crippen LogP contribution in [0.4, 0.5) is 10.1 Å². The topological polar surface area (TPSA) is 16.1 Å². The molecule has 0 N–H and O–H groups in total. The Labute approximate surface area is 153 Å². The first-order chi connectivity index (χ1) is 12.7. The molecule has 1 aliphatic rings. The maximum absolute atomic E-state index is 15.0. The highest BCUT2D eigenvalue weighted by Gasteiger charge is 2.36. The quantitative estimate of drug-likeness (QED) is 0.627. The second kappa shape index (κ2) is 7.01. The van der Waals surface area contributed by atoms with E-state index in [2.05, 4.69) is 58.1 Å². The van der Waals surface area contributed by atoms with Crippen molar-refractivity contribution in [2.75, 3.05) is 18.0 Å². The van der Waals surface area contributed by atoms with Crippen LogP contribution in [0.5, 0.6) is 0 Å². The molecule has 2 aromatic carbocycles. The van der Waals surface area contributed by atoms with E-state index in [1.807, 2.05) is 30.3 Å². The van der Waals surface area contributed by atoms with E-state index in [-0.39, 0.29) is 6.54 Å². The zero-order chi connectivity index (χ0) is 17.8. The summed E-state index contributed by atoms with van der Waals surface area (Å²) in [6.45, 7) is 0.954. The number of aromatic nitrogens is 1. The van der Waals surface area contributed by atoms with Crippen molar-refractivity contribution in [1.29, 1.82) is 0 Å². The van der Waals surface area contributed by atoms with Crippen molar-refractivity contribution < 1.29 is 4.39 Å². The molecule has 3 heteroatoms. The zero-order valence-corrected chi connectivity index (χ0v) is 14.4. The maximum Gasteiger partial charge on any atom is 0.190 e. The van der Waals surface area contributed by atoms with Crippen LogP contribution in [0.15, 0.2) is 79.0 Å². The summed E-state index contributed by atoms with van der Waals surface area (Å²) >= 11 is 0. The number of nitrogens with zero attached hydrogens (tertiary/aromatic N) is 2. The van der Waals surface area contributed by atoms with Crippen LogP contribution in [0.2, 0.25) is 0 Å². The maximum atomic E-state index is 15.0. The third-order valence-electron chi connectivity index (χ3n) is 4.64. The van der Waals surface area contributed by atoms with Crippen LogP contribution in [-0.2, 0) is 0 Å². The number of alkyl halides is 1. The molecule has 4 rings (SSSR count). The van der Waals surface area contributed by atoms with Gasteiger partial charge in [-0.05, 0) is 41.3 Å². The number of benzene rings is 2. The van der Waals surface area contributed by atoms with E-state index < -0.39 is 5.67 Å². The van der Waals surface area contributed by atoms with Gasteiger partial charge in [0.05, 0.1) is 6.54 Å². The molecule has 1 aromatic heterocycles. The Morgan fingerprint density at radius 3 is 2.35 bits per heavy atom. The summed E-state index contributed by atoms with van der Waals surface area (Å²) in [6.07, 6.45) is 2.08. The predicted octanol–water partition coefficient (Wildman–Crippen LogP) is 4.72. The highest BCUT2D eigenvalue weighted by Crippen LogP contribution is 2.31. The van der Waals surface area contributed by atoms with Gasteiger partial charge in [0.25, 0.3) is 0 Å². The van der Waals surface area contributed by atoms with Crippen LogP contribution < -0.4 is 4.90 Å². The molecule has 2 heterocycles. The summed E-state index contributed by atoms with van der Waals surface area (Å²) in [5.41, 5.74) is 2.49. The molecular weight excluding hydrogens is 323 g/mol. The number of hydrogen-bond acceptors (Lipinski definition) is 2. The lowest BCUT2D eigenvalue weighted by Crippen LogP contribution is -2.27. The van der Waals surface area contributed by atoms with Crippen LogP contribution in [0.25, 0.3) is 11.1 Å². The fourth-order valence-electron chi connectivity index (χ4n) is 3.20. The van der Waals surface area contributed by atoms with E-state index in [0.717, 1.165) is 11.3 Å². The minimum absolute atomic E-state index is 0.289. The van der Waals surface area contributed by atoms with Gasteiger partial charge in [-0.3, -0.25) is 0 Å². The molecule has 1 aliphatic heterocycles. The van der Waals surface area contributed by atoms with Crippen molar-refractivity contribution in [3.8, 4) is 23.0 Å². The van der Waals surface area contributed by atoms with Crippen LogP contribution in [0.3, 0.4) is 0 Å². The average molecular weight is 342 g/mol. The van der Waals surface area contributed by atoms with Crippen molar-refractivity contribution >= 4 is 5.69 Å². The van der Waals surface area contributed by atoms with Gasteiger partial charge < -0.3 is 4.90 Å². The Balaban J connectivity index is 1.48. The Kier molecular flexibility index (Phi) is 4.41. The van der Waals surface area contributed by atoms with Gasteiger partial charge in [0.2, 0.25) is 0 Å². The molecule has 0 radical (unpaired) electrons. The summed E-state index contributed by atoms with van der Waals surface area (Å²) < 4.78 is 15.0. The summed E-state index contributed by atoms with van der Waals surface area (Å²) in [4.78, 5) is 6.19. The van der Waals surface area contributed by atoms with Gasteiger partial charge in [-0.1, -0.05) is 54.5 Å². The molecule has 1 fully saturated rings. The number of pyridine rings is 1. The number of rotatable bonds is 2. The molecule has 3 aromatic rings. The van der Waals surface area contributed by atoms with Gasteiger partial charge >= 0.3 is 0 Å². The Morgan fingerprint density at radius 2 is 1.62 bits per heavy atom. The smallest absolute Gasteiger partial charge is 0.190 e. The minimum Gasteiger partial charge on any atom is -0.367 e. The standard InChI is InChI=1S/C23H19FN2/c24-23(14-13-21-8-4-5-16-25-21)15-17-26(18-23)22-11-9-20(10-12-22)19-6-2-1-3-7-19/h1-12,16H,15,17-18H2. The zero-order valence-electron chi connectivity index (χ0n) is 14.4.